The van der Waals surface area contributed by atoms with Gasteiger partial charge in [-0.15, -0.1) is 0 Å². The predicted molar refractivity (Wildman–Crippen MR) is 103 cm³/mol. The van der Waals surface area contributed by atoms with Crippen LogP contribution in [0.5, 0.6) is 0 Å². The first-order valence-corrected chi connectivity index (χ1v) is 8.53. The summed E-state index contributed by atoms with van der Waals surface area (Å²) in [6, 6.07) is 19.8. The van der Waals surface area contributed by atoms with Crippen LogP contribution in [0.3, 0.4) is 0 Å². The molecule has 0 aliphatic carbocycles. The maximum Gasteiger partial charge on any atom is 0.270 e. The molecule has 5 heteroatoms. The Bertz CT molecular complexity index is 880. The fourth-order valence-corrected chi connectivity index (χ4v) is 2.69. The van der Waals surface area contributed by atoms with E-state index in [2.05, 4.69) is 27.4 Å². The maximum atomic E-state index is 12.4. The van der Waals surface area contributed by atoms with Crippen molar-refractivity contribution in [1.29, 1.82) is 0 Å². The van der Waals surface area contributed by atoms with Crippen LogP contribution in [0.1, 0.15) is 27.2 Å². The van der Waals surface area contributed by atoms with Crippen LogP contribution in [0.4, 0.5) is 5.82 Å². The highest BCUT2D eigenvalue weighted by Gasteiger charge is 2.11. The molecule has 0 saturated heterocycles. The molecule has 2 aromatic carbocycles. The lowest BCUT2D eigenvalue weighted by atomic mass is 10.1. The summed E-state index contributed by atoms with van der Waals surface area (Å²) in [4.78, 5) is 22.8. The van der Waals surface area contributed by atoms with E-state index in [0.717, 1.165) is 11.1 Å². The van der Waals surface area contributed by atoms with Gasteiger partial charge in [0.25, 0.3) is 5.91 Å². The summed E-state index contributed by atoms with van der Waals surface area (Å²) in [5.74, 6) is 0.509. The average Bonchev–Trinajstić information content (AvgIpc) is 2.68. The largest absolute Gasteiger partial charge is 0.355 e. The summed E-state index contributed by atoms with van der Waals surface area (Å²) in [6.45, 7) is 3.22. The molecule has 1 N–H and O–H groups in total. The molecule has 26 heavy (non-hydrogen) atoms. The molecule has 1 amide bonds. The average molecular weight is 346 g/mol. The predicted octanol–water partition coefficient (Wildman–Crippen LogP) is 3.35. The van der Waals surface area contributed by atoms with Crippen LogP contribution in [-0.4, -0.2) is 22.9 Å². The number of amides is 1. The molecule has 1 heterocycles. The van der Waals surface area contributed by atoms with Crippen molar-refractivity contribution in [3.05, 3.63) is 89.4 Å². The molecule has 0 aliphatic rings. The van der Waals surface area contributed by atoms with E-state index in [9.17, 15) is 4.79 Å². The Kier molecular flexibility index (Phi) is 5.59. The van der Waals surface area contributed by atoms with E-state index in [0.29, 0.717) is 24.6 Å². The second kappa shape index (κ2) is 8.25. The van der Waals surface area contributed by atoms with E-state index in [-0.39, 0.29) is 5.91 Å². The minimum Gasteiger partial charge on any atom is -0.355 e. The monoisotopic (exact) mass is 346 g/mol. The van der Waals surface area contributed by atoms with Crippen molar-refractivity contribution in [3.8, 4) is 0 Å². The first kappa shape index (κ1) is 17.6. The third-order valence-electron chi connectivity index (χ3n) is 4.24. The molecule has 0 radical (unpaired) electrons. The van der Waals surface area contributed by atoms with Crippen molar-refractivity contribution >= 4 is 11.7 Å². The third kappa shape index (κ3) is 4.45. The first-order valence-electron chi connectivity index (χ1n) is 8.53. The summed E-state index contributed by atoms with van der Waals surface area (Å²) in [5.41, 5.74) is 3.79. The van der Waals surface area contributed by atoms with Gasteiger partial charge in [-0.25, -0.2) is 9.97 Å². The van der Waals surface area contributed by atoms with Crippen LogP contribution < -0.4 is 10.2 Å². The van der Waals surface area contributed by atoms with E-state index in [1.165, 1.54) is 11.9 Å². The maximum absolute atomic E-state index is 12.4. The molecule has 1 aromatic heterocycles. The molecule has 0 unspecified atom stereocenters. The normalized spacial score (nSPS) is 10.4. The molecule has 3 aromatic rings. The van der Waals surface area contributed by atoms with Crippen molar-refractivity contribution in [2.45, 2.75) is 20.0 Å². The Morgan fingerprint density at radius 1 is 1.04 bits per heavy atom. The highest BCUT2D eigenvalue weighted by Crippen LogP contribution is 2.13. The fraction of sp³-hybridized carbons (Fsp3) is 0.190. The number of aromatic nitrogens is 2. The van der Waals surface area contributed by atoms with Crippen LogP contribution in [0.15, 0.2) is 67.0 Å². The first-order chi connectivity index (χ1) is 12.6. The summed E-state index contributed by atoms with van der Waals surface area (Å²) in [7, 11) is 1.95. The number of carbonyl (C=O) groups excluding carboxylic acids is 1. The van der Waals surface area contributed by atoms with Crippen molar-refractivity contribution in [1.82, 2.24) is 15.3 Å². The van der Waals surface area contributed by atoms with Gasteiger partial charge in [-0.3, -0.25) is 4.79 Å². The number of rotatable bonds is 6. The van der Waals surface area contributed by atoms with E-state index in [1.54, 1.807) is 6.07 Å². The zero-order valence-electron chi connectivity index (χ0n) is 15.0. The van der Waals surface area contributed by atoms with Gasteiger partial charge in [0, 0.05) is 26.2 Å². The molecule has 132 valence electrons. The minimum atomic E-state index is -0.204. The Balaban J connectivity index is 1.66. The van der Waals surface area contributed by atoms with Gasteiger partial charge in [0.05, 0.1) is 0 Å². The van der Waals surface area contributed by atoms with Crippen molar-refractivity contribution in [2.75, 3.05) is 11.9 Å². The number of nitrogens with zero attached hydrogens (tertiary/aromatic N) is 3. The Labute approximate surface area is 153 Å². The number of benzene rings is 2. The summed E-state index contributed by atoms with van der Waals surface area (Å²) in [5, 5.41) is 2.92. The van der Waals surface area contributed by atoms with Gasteiger partial charge in [-0.05, 0) is 23.6 Å². The number of nitrogens with one attached hydrogen (secondary N) is 1. The van der Waals surface area contributed by atoms with Crippen LogP contribution in [0, 0.1) is 6.92 Å². The van der Waals surface area contributed by atoms with Crippen LogP contribution in [-0.2, 0) is 13.1 Å². The van der Waals surface area contributed by atoms with E-state index >= 15 is 0 Å². The smallest absolute Gasteiger partial charge is 0.270 e. The van der Waals surface area contributed by atoms with Gasteiger partial charge < -0.3 is 10.2 Å². The highest BCUT2D eigenvalue weighted by atomic mass is 16.1. The molecular formula is C21H22N4O. The molecule has 0 atom stereocenters. The van der Waals surface area contributed by atoms with E-state index in [1.807, 2.05) is 61.3 Å². The van der Waals surface area contributed by atoms with E-state index in [4.69, 9.17) is 0 Å². The molecule has 5 nitrogen and oxygen atoms in total. The summed E-state index contributed by atoms with van der Waals surface area (Å²) >= 11 is 0. The number of hydrogen-bond acceptors (Lipinski definition) is 4. The quantitative estimate of drug-likeness (QED) is 0.744. The molecule has 0 spiro atoms. The summed E-state index contributed by atoms with van der Waals surface area (Å²) in [6.07, 6.45) is 1.43. The number of carbonyl (C=O) groups is 1. The topological polar surface area (TPSA) is 58.1 Å². The standard InChI is InChI=1S/C21H22N4O/c1-16-8-6-7-11-18(16)13-22-21(26)19-12-20(24-15-23-19)25(2)14-17-9-4-3-5-10-17/h3-12,15H,13-14H2,1-2H3,(H,22,26). The third-order valence-corrected chi connectivity index (χ3v) is 4.24. The second-order valence-electron chi connectivity index (χ2n) is 6.21. The van der Waals surface area contributed by atoms with Gasteiger partial charge in [-0.2, -0.15) is 0 Å². The number of anilines is 1. The zero-order valence-corrected chi connectivity index (χ0v) is 15.0. The van der Waals surface area contributed by atoms with Crippen LogP contribution in [0.2, 0.25) is 0 Å². The number of hydrogen-bond donors (Lipinski definition) is 1. The highest BCUT2D eigenvalue weighted by molar-refractivity contribution is 5.92. The minimum absolute atomic E-state index is 0.204. The molecule has 0 aliphatic heterocycles. The van der Waals surface area contributed by atoms with Crippen molar-refractivity contribution in [3.63, 3.8) is 0 Å². The van der Waals surface area contributed by atoms with Crippen LogP contribution >= 0.6 is 0 Å². The molecular weight excluding hydrogens is 324 g/mol. The number of aryl methyl sites for hydroxylation is 1. The second-order valence-corrected chi connectivity index (χ2v) is 6.21. The lowest BCUT2D eigenvalue weighted by Gasteiger charge is -2.18. The lowest BCUT2D eigenvalue weighted by Crippen LogP contribution is -2.25. The fourth-order valence-electron chi connectivity index (χ4n) is 2.69. The molecule has 0 fully saturated rings. The lowest BCUT2D eigenvalue weighted by molar-refractivity contribution is 0.0945. The Morgan fingerprint density at radius 3 is 2.54 bits per heavy atom. The van der Waals surface area contributed by atoms with Gasteiger partial charge in [0.15, 0.2) is 0 Å². The van der Waals surface area contributed by atoms with Gasteiger partial charge in [0.2, 0.25) is 0 Å². The van der Waals surface area contributed by atoms with Crippen LogP contribution in [0.25, 0.3) is 0 Å². The summed E-state index contributed by atoms with van der Waals surface area (Å²) < 4.78 is 0. The molecule has 0 bridgehead atoms. The van der Waals surface area contributed by atoms with Gasteiger partial charge in [0.1, 0.15) is 17.8 Å². The van der Waals surface area contributed by atoms with Crippen molar-refractivity contribution in [2.24, 2.45) is 0 Å². The van der Waals surface area contributed by atoms with Gasteiger partial charge in [-0.1, -0.05) is 54.6 Å². The molecule has 3 rings (SSSR count). The van der Waals surface area contributed by atoms with E-state index < -0.39 is 0 Å². The van der Waals surface area contributed by atoms with Gasteiger partial charge >= 0.3 is 0 Å². The Morgan fingerprint density at radius 2 is 1.77 bits per heavy atom. The zero-order chi connectivity index (χ0) is 18.4. The molecule has 0 saturated carbocycles. The SMILES string of the molecule is Cc1ccccc1CNC(=O)c1cc(N(C)Cc2ccccc2)ncn1. The Hall–Kier alpha value is -3.21. The van der Waals surface area contributed by atoms with Crippen molar-refractivity contribution < 1.29 is 4.79 Å².